The number of benzene rings is 2. The van der Waals surface area contributed by atoms with Gasteiger partial charge in [-0.25, -0.2) is 0 Å². The molecule has 1 N–H and O–H groups in total. The zero-order chi connectivity index (χ0) is 20.8. The molecule has 0 saturated heterocycles. The molecule has 0 atom stereocenters. The molecule has 5 nitrogen and oxygen atoms in total. The van der Waals surface area contributed by atoms with Crippen LogP contribution in [0.25, 0.3) is 10.9 Å². The molecule has 3 rings (SSSR count). The van der Waals surface area contributed by atoms with Gasteiger partial charge in [-0.15, -0.1) is 11.8 Å². The van der Waals surface area contributed by atoms with E-state index in [1.807, 2.05) is 53.8 Å². The maximum Gasteiger partial charge on any atom is 0.242 e. The highest BCUT2D eigenvalue weighted by atomic mass is 35.5. The molecule has 1 heterocycles. The molecule has 0 aliphatic heterocycles. The highest BCUT2D eigenvalue weighted by Gasteiger charge is 2.15. The van der Waals surface area contributed by atoms with Crippen LogP contribution in [-0.2, 0) is 16.1 Å². The van der Waals surface area contributed by atoms with Gasteiger partial charge in [-0.3, -0.25) is 9.59 Å². The van der Waals surface area contributed by atoms with Crippen molar-refractivity contribution < 1.29 is 9.59 Å². The predicted molar refractivity (Wildman–Crippen MR) is 121 cm³/mol. The highest BCUT2D eigenvalue weighted by Crippen LogP contribution is 2.30. The Hall–Kier alpha value is -2.44. The number of carbonyl (C=O) groups is 2. The number of nitrogens with zero attached hydrogens (tertiary/aromatic N) is 2. The summed E-state index contributed by atoms with van der Waals surface area (Å²) in [5, 5.41) is 4.55. The summed E-state index contributed by atoms with van der Waals surface area (Å²) < 4.78 is 1.97. The molecule has 0 aliphatic rings. The Labute approximate surface area is 180 Å². The second-order valence-electron chi connectivity index (χ2n) is 6.55. The minimum absolute atomic E-state index is 0.0895. The maximum absolute atomic E-state index is 12.5. The van der Waals surface area contributed by atoms with Crippen molar-refractivity contribution in [1.29, 1.82) is 0 Å². The number of halogens is 1. The van der Waals surface area contributed by atoms with Crippen molar-refractivity contribution >= 4 is 51.8 Å². The average Bonchev–Trinajstić information content (AvgIpc) is 3.07. The Morgan fingerprint density at radius 2 is 1.76 bits per heavy atom. The van der Waals surface area contributed by atoms with Crippen LogP contribution in [0.5, 0.6) is 0 Å². The smallest absolute Gasteiger partial charge is 0.242 e. The number of rotatable bonds is 8. The number of aromatic nitrogens is 1. The summed E-state index contributed by atoms with van der Waals surface area (Å²) in [6.45, 7) is 5.65. The molecule has 29 heavy (non-hydrogen) atoms. The van der Waals surface area contributed by atoms with Crippen molar-refractivity contribution in [2.45, 2.75) is 25.3 Å². The molecule has 1 aromatic heterocycles. The predicted octanol–water partition coefficient (Wildman–Crippen LogP) is 4.89. The molecule has 2 aromatic carbocycles. The third kappa shape index (κ3) is 5.34. The Kier molecular flexibility index (Phi) is 7.23. The van der Waals surface area contributed by atoms with Gasteiger partial charge in [-0.1, -0.05) is 29.8 Å². The van der Waals surface area contributed by atoms with Gasteiger partial charge in [0.25, 0.3) is 0 Å². The van der Waals surface area contributed by atoms with Gasteiger partial charge in [-0.05, 0) is 44.2 Å². The summed E-state index contributed by atoms with van der Waals surface area (Å²) in [7, 11) is 0. The number of anilines is 1. The van der Waals surface area contributed by atoms with Gasteiger partial charge in [0.2, 0.25) is 11.8 Å². The van der Waals surface area contributed by atoms with E-state index in [2.05, 4.69) is 5.32 Å². The van der Waals surface area contributed by atoms with Crippen LogP contribution in [0.15, 0.2) is 59.6 Å². The van der Waals surface area contributed by atoms with Crippen LogP contribution in [0.1, 0.15) is 13.8 Å². The van der Waals surface area contributed by atoms with E-state index in [1.165, 1.54) is 11.8 Å². The van der Waals surface area contributed by atoms with Gasteiger partial charge in [0.05, 0.1) is 5.75 Å². The fourth-order valence-electron chi connectivity index (χ4n) is 3.15. The number of amides is 2. The van der Waals surface area contributed by atoms with Gasteiger partial charge in [-0.2, -0.15) is 0 Å². The monoisotopic (exact) mass is 429 g/mol. The van der Waals surface area contributed by atoms with Crippen LogP contribution in [0.2, 0.25) is 5.02 Å². The molecule has 0 radical (unpaired) electrons. The quantitative estimate of drug-likeness (QED) is 0.518. The van der Waals surface area contributed by atoms with Gasteiger partial charge < -0.3 is 14.8 Å². The van der Waals surface area contributed by atoms with Crippen LogP contribution >= 0.6 is 23.4 Å². The molecule has 7 heteroatoms. The summed E-state index contributed by atoms with van der Waals surface area (Å²) in [6.07, 6.45) is 1.96. The lowest BCUT2D eigenvalue weighted by molar-refractivity contribution is -0.131. The van der Waals surface area contributed by atoms with E-state index in [-0.39, 0.29) is 17.6 Å². The van der Waals surface area contributed by atoms with Gasteiger partial charge in [0.1, 0.15) is 6.54 Å². The Morgan fingerprint density at radius 1 is 1.07 bits per heavy atom. The first-order chi connectivity index (χ1) is 14.0. The number of nitrogens with one attached hydrogen (secondary N) is 1. The Balaban J connectivity index is 1.71. The fraction of sp³-hybridized carbons (Fsp3) is 0.273. The average molecular weight is 430 g/mol. The second-order valence-corrected chi connectivity index (χ2v) is 8.00. The lowest BCUT2D eigenvalue weighted by Gasteiger charge is -2.19. The number of carbonyl (C=O) groups excluding carboxylic acids is 2. The first-order valence-electron chi connectivity index (χ1n) is 9.55. The summed E-state index contributed by atoms with van der Waals surface area (Å²) in [4.78, 5) is 27.7. The first kappa shape index (κ1) is 21.3. The molecule has 152 valence electrons. The van der Waals surface area contributed by atoms with E-state index in [0.29, 0.717) is 30.3 Å². The molecule has 0 bridgehead atoms. The van der Waals surface area contributed by atoms with E-state index < -0.39 is 0 Å². The third-order valence-corrected chi connectivity index (χ3v) is 5.96. The van der Waals surface area contributed by atoms with Gasteiger partial charge in [0.15, 0.2) is 0 Å². The SMILES string of the molecule is CCN(CC)C(=O)Cn1cc(SCC(=O)Nc2ccc(Cl)cc2)c2ccccc21. The zero-order valence-electron chi connectivity index (χ0n) is 16.5. The van der Waals surface area contributed by atoms with Gasteiger partial charge >= 0.3 is 0 Å². The standard InChI is InChI=1S/C22H24ClN3O2S/c1-3-25(4-2)22(28)14-26-13-20(18-7-5-6-8-19(18)26)29-15-21(27)24-17-11-9-16(23)10-12-17/h5-13H,3-4,14-15H2,1-2H3,(H,24,27). The number of hydrogen-bond acceptors (Lipinski definition) is 3. The van der Waals surface area contributed by atoms with E-state index in [4.69, 9.17) is 11.6 Å². The molecule has 0 saturated carbocycles. The van der Waals surface area contributed by atoms with E-state index in [9.17, 15) is 9.59 Å². The largest absolute Gasteiger partial charge is 0.342 e. The number of thioether (sulfide) groups is 1. The molecule has 0 unspecified atom stereocenters. The summed E-state index contributed by atoms with van der Waals surface area (Å²) >= 11 is 7.34. The molecule has 0 aliphatic carbocycles. The van der Waals surface area contributed by atoms with Crippen molar-refractivity contribution in [3.8, 4) is 0 Å². The maximum atomic E-state index is 12.5. The molecule has 0 fully saturated rings. The normalized spacial score (nSPS) is 10.9. The Bertz CT molecular complexity index is 997. The summed E-state index contributed by atoms with van der Waals surface area (Å²) in [6, 6.07) is 15.0. The van der Waals surface area contributed by atoms with Crippen LogP contribution in [0, 0.1) is 0 Å². The second kappa shape index (κ2) is 9.85. The van der Waals surface area contributed by atoms with Crippen LogP contribution in [0.4, 0.5) is 5.69 Å². The van der Waals surface area contributed by atoms with Crippen molar-refractivity contribution in [1.82, 2.24) is 9.47 Å². The molecule has 2 amide bonds. The van der Waals surface area contributed by atoms with E-state index in [0.717, 1.165) is 15.8 Å². The van der Waals surface area contributed by atoms with Crippen molar-refractivity contribution in [2.24, 2.45) is 0 Å². The van der Waals surface area contributed by atoms with E-state index in [1.54, 1.807) is 24.3 Å². The van der Waals surface area contributed by atoms with Crippen LogP contribution in [-0.4, -0.2) is 40.1 Å². The van der Waals surface area contributed by atoms with Crippen LogP contribution in [0.3, 0.4) is 0 Å². The number of likely N-dealkylation sites (N-methyl/N-ethyl adjacent to an activating group) is 1. The number of hydrogen-bond donors (Lipinski definition) is 1. The zero-order valence-corrected chi connectivity index (χ0v) is 18.1. The van der Waals surface area contributed by atoms with Crippen LogP contribution < -0.4 is 5.32 Å². The van der Waals surface area contributed by atoms with Gasteiger partial charge in [0, 0.05) is 45.8 Å². The Morgan fingerprint density at radius 3 is 2.45 bits per heavy atom. The molecule has 0 spiro atoms. The van der Waals surface area contributed by atoms with Crippen molar-refractivity contribution in [3.63, 3.8) is 0 Å². The highest BCUT2D eigenvalue weighted by molar-refractivity contribution is 8.00. The molecular formula is C22H24ClN3O2S. The minimum Gasteiger partial charge on any atom is -0.342 e. The fourth-order valence-corrected chi connectivity index (χ4v) is 4.17. The molecule has 3 aromatic rings. The molecular weight excluding hydrogens is 406 g/mol. The van der Waals surface area contributed by atoms with E-state index >= 15 is 0 Å². The topological polar surface area (TPSA) is 54.3 Å². The third-order valence-electron chi connectivity index (χ3n) is 4.66. The van der Waals surface area contributed by atoms with Crippen molar-refractivity contribution in [3.05, 3.63) is 59.8 Å². The van der Waals surface area contributed by atoms with Crippen molar-refractivity contribution in [2.75, 3.05) is 24.2 Å². The lowest BCUT2D eigenvalue weighted by atomic mass is 10.2. The first-order valence-corrected chi connectivity index (χ1v) is 10.9. The number of fused-ring (bicyclic) bond motifs is 1. The number of para-hydroxylation sites is 1. The summed E-state index contributed by atoms with van der Waals surface area (Å²) in [5.41, 5.74) is 1.71. The summed E-state index contributed by atoms with van der Waals surface area (Å²) in [5.74, 6) is 0.279. The minimum atomic E-state index is -0.0895. The lowest BCUT2D eigenvalue weighted by Crippen LogP contribution is -2.33.